The average Bonchev–Trinajstić information content (AvgIpc) is 3.11. The predicted octanol–water partition coefficient (Wildman–Crippen LogP) is 2.11. The molecule has 1 atom stereocenters. The van der Waals surface area contributed by atoms with Crippen molar-refractivity contribution in [3.8, 4) is 0 Å². The van der Waals surface area contributed by atoms with Gasteiger partial charge in [-0.3, -0.25) is 14.6 Å². The lowest BCUT2D eigenvalue weighted by molar-refractivity contribution is -0.122. The van der Waals surface area contributed by atoms with Crippen LogP contribution in [0.2, 0.25) is 0 Å². The van der Waals surface area contributed by atoms with Gasteiger partial charge in [0, 0.05) is 23.6 Å². The molecule has 0 fully saturated rings. The standard InChI is InChI=1S/C18H18N4O2S/c1-13-7-8-18(24)22(21-13)12-17(23)20-16(11-14-5-4-10-25-14)15-6-2-3-9-19-15/h2-10,16H,11-12H2,1H3,(H,20,23)/t16-/m0/s1. The van der Waals surface area contributed by atoms with E-state index in [1.54, 1.807) is 30.5 Å². The van der Waals surface area contributed by atoms with Crippen molar-refractivity contribution in [2.24, 2.45) is 0 Å². The Kier molecular flexibility index (Phi) is 5.35. The number of thiophene rings is 1. The molecule has 128 valence electrons. The average molecular weight is 354 g/mol. The van der Waals surface area contributed by atoms with Crippen molar-refractivity contribution in [3.05, 3.63) is 80.7 Å². The van der Waals surface area contributed by atoms with Crippen molar-refractivity contribution in [3.63, 3.8) is 0 Å². The van der Waals surface area contributed by atoms with Crippen LogP contribution in [-0.2, 0) is 17.8 Å². The van der Waals surface area contributed by atoms with E-state index in [0.29, 0.717) is 12.1 Å². The third-order valence-electron chi connectivity index (χ3n) is 3.66. The van der Waals surface area contributed by atoms with Crippen LogP contribution in [0.4, 0.5) is 0 Å². The Morgan fingerprint density at radius 1 is 1.24 bits per heavy atom. The normalized spacial score (nSPS) is 11.9. The number of pyridine rings is 1. The van der Waals surface area contributed by atoms with E-state index in [0.717, 1.165) is 10.6 Å². The van der Waals surface area contributed by atoms with Gasteiger partial charge in [-0.15, -0.1) is 11.3 Å². The summed E-state index contributed by atoms with van der Waals surface area (Å²) in [5, 5.41) is 9.07. The summed E-state index contributed by atoms with van der Waals surface area (Å²) < 4.78 is 1.17. The van der Waals surface area contributed by atoms with Crippen molar-refractivity contribution in [2.75, 3.05) is 0 Å². The van der Waals surface area contributed by atoms with Crippen molar-refractivity contribution in [2.45, 2.75) is 25.9 Å². The lowest BCUT2D eigenvalue weighted by atomic mass is 10.1. The fraction of sp³-hybridized carbons (Fsp3) is 0.222. The molecule has 0 radical (unpaired) electrons. The van der Waals surface area contributed by atoms with Crippen LogP contribution in [0.5, 0.6) is 0 Å². The number of nitrogens with zero attached hydrogens (tertiary/aromatic N) is 3. The van der Waals surface area contributed by atoms with Crippen molar-refractivity contribution in [1.29, 1.82) is 0 Å². The summed E-state index contributed by atoms with van der Waals surface area (Å²) in [6, 6.07) is 12.4. The van der Waals surface area contributed by atoms with E-state index in [-0.39, 0.29) is 24.1 Å². The van der Waals surface area contributed by atoms with Crippen LogP contribution in [0.25, 0.3) is 0 Å². The Morgan fingerprint density at radius 2 is 2.12 bits per heavy atom. The first-order valence-electron chi connectivity index (χ1n) is 7.89. The highest BCUT2D eigenvalue weighted by molar-refractivity contribution is 7.09. The molecule has 0 unspecified atom stereocenters. The predicted molar refractivity (Wildman–Crippen MR) is 96.4 cm³/mol. The van der Waals surface area contributed by atoms with Crippen LogP contribution in [0.15, 0.2) is 58.8 Å². The van der Waals surface area contributed by atoms with Gasteiger partial charge in [-0.05, 0) is 36.6 Å². The Bertz CT molecular complexity index is 891. The number of nitrogens with one attached hydrogen (secondary N) is 1. The van der Waals surface area contributed by atoms with E-state index in [4.69, 9.17) is 0 Å². The second kappa shape index (κ2) is 7.85. The molecule has 0 bridgehead atoms. The molecule has 3 aromatic rings. The van der Waals surface area contributed by atoms with Gasteiger partial charge < -0.3 is 5.32 Å². The van der Waals surface area contributed by atoms with Crippen LogP contribution in [0.3, 0.4) is 0 Å². The minimum Gasteiger partial charge on any atom is -0.346 e. The van der Waals surface area contributed by atoms with Gasteiger partial charge in [0.2, 0.25) is 5.91 Å². The maximum atomic E-state index is 12.5. The van der Waals surface area contributed by atoms with E-state index in [1.165, 1.54) is 10.7 Å². The number of amides is 1. The van der Waals surface area contributed by atoms with Gasteiger partial charge in [-0.2, -0.15) is 5.10 Å². The molecule has 3 heterocycles. The highest BCUT2D eigenvalue weighted by Gasteiger charge is 2.17. The Morgan fingerprint density at radius 3 is 2.84 bits per heavy atom. The van der Waals surface area contributed by atoms with E-state index >= 15 is 0 Å². The summed E-state index contributed by atoms with van der Waals surface area (Å²) in [5.41, 5.74) is 1.18. The monoisotopic (exact) mass is 354 g/mol. The third-order valence-corrected chi connectivity index (χ3v) is 4.56. The molecule has 0 aliphatic rings. The third kappa shape index (κ3) is 4.60. The van der Waals surface area contributed by atoms with Crippen molar-refractivity contribution < 1.29 is 4.79 Å². The number of hydrogen-bond acceptors (Lipinski definition) is 5. The zero-order chi connectivity index (χ0) is 17.6. The molecule has 7 heteroatoms. The molecule has 0 saturated heterocycles. The van der Waals surface area contributed by atoms with Gasteiger partial charge in [-0.25, -0.2) is 4.68 Å². The summed E-state index contributed by atoms with van der Waals surface area (Å²) in [5.74, 6) is -0.271. The van der Waals surface area contributed by atoms with Crippen LogP contribution in [-0.4, -0.2) is 20.7 Å². The fourth-order valence-electron chi connectivity index (χ4n) is 2.48. The highest BCUT2D eigenvalue weighted by Crippen LogP contribution is 2.19. The Labute approximate surface area is 149 Å². The van der Waals surface area contributed by atoms with Gasteiger partial charge in [-0.1, -0.05) is 12.1 Å². The Hall–Kier alpha value is -2.80. The van der Waals surface area contributed by atoms with Crippen LogP contribution in [0, 0.1) is 6.92 Å². The number of aromatic nitrogens is 3. The molecule has 6 nitrogen and oxygen atoms in total. The molecule has 1 amide bonds. The SMILES string of the molecule is Cc1ccc(=O)n(CC(=O)N[C@@H](Cc2cccs2)c2ccccn2)n1. The molecule has 25 heavy (non-hydrogen) atoms. The van der Waals surface area contributed by atoms with E-state index in [1.807, 2.05) is 35.7 Å². The number of aryl methyl sites for hydroxylation is 1. The van der Waals surface area contributed by atoms with Gasteiger partial charge in [0.15, 0.2) is 0 Å². The van der Waals surface area contributed by atoms with E-state index < -0.39 is 0 Å². The zero-order valence-corrected chi connectivity index (χ0v) is 14.6. The second-order valence-electron chi connectivity index (χ2n) is 5.63. The lowest BCUT2D eigenvalue weighted by Gasteiger charge is -2.18. The molecule has 0 saturated carbocycles. The van der Waals surface area contributed by atoms with Crippen LogP contribution >= 0.6 is 11.3 Å². The highest BCUT2D eigenvalue weighted by atomic mass is 32.1. The first kappa shape index (κ1) is 17.0. The summed E-state index contributed by atoms with van der Waals surface area (Å²) in [6.07, 6.45) is 2.35. The maximum absolute atomic E-state index is 12.5. The van der Waals surface area contributed by atoms with Gasteiger partial charge in [0.05, 0.1) is 17.4 Å². The summed E-state index contributed by atoms with van der Waals surface area (Å²) in [4.78, 5) is 29.8. The van der Waals surface area contributed by atoms with Crippen molar-refractivity contribution in [1.82, 2.24) is 20.1 Å². The number of carbonyl (C=O) groups excluding carboxylic acids is 1. The molecule has 1 N–H and O–H groups in total. The number of carbonyl (C=O) groups is 1. The van der Waals surface area contributed by atoms with Crippen LogP contribution in [0.1, 0.15) is 22.3 Å². The van der Waals surface area contributed by atoms with Gasteiger partial charge in [0.1, 0.15) is 6.54 Å². The molecule has 0 spiro atoms. The number of rotatable bonds is 6. The van der Waals surface area contributed by atoms with E-state index in [2.05, 4.69) is 15.4 Å². The van der Waals surface area contributed by atoms with Crippen LogP contribution < -0.4 is 10.9 Å². The second-order valence-corrected chi connectivity index (χ2v) is 6.66. The van der Waals surface area contributed by atoms with Gasteiger partial charge >= 0.3 is 0 Å². The summed E-state index contributed by atoms with van der Waals surface area (Å²) in [6.45, 7) is 1.66. The molecule has 3 aromatic heterocycles. The topological polar surface area (TPSA) is 76.9 Å². The number of hydrogen-bond donors (Lipinski definition) is 1. The molecular weight excluding hydrogens is 336 g/mol. The quantitative estimate of drug-likeness (QED) is 0.735. The molecule has 0 aromatic carbocycles. The molecule has 0 aliphatic heterocycles. The smallest absolute Gasteiger partial charge is 0.267 e. The minimum absolute atomic E-state index is 0.117. The molecular formula is C18H18N4O2S. The molecule has 0 aliphatic carbocycles. The van der Waals surface area contributed by atoms with Crippen molar-refractivity contribution >= 4 is 17.2 Å². The maximum Gasteiger partial charge on any atom is 0.267 e. The van der Waals surface area contributed by atoms with Gasteiger partial charge in [0.25, 0.3) is 5.56 Å². The lowest BCUT2D eigenvalue weighted by Crippen LogP contribution is -2.36. The van der Waals surface area contributed by atoms with E-state index in [9.17, 15) is 9.59 Å². The zero-order valence-electron chi connectivity index (χ0n) is 13.8. The first-order valence-corrected chi connectivity index (χ1v) is 8.77. The summed E-state index contributed by atoms with van der Waals surface area (Å²) in [7, 11) is 0. The first-order chi connectivity index (χ1) is 12.1. The Balaban J connectivity index is 1.76. The largest absolute Gasteiger partial charge is 0.346 e. The summed E-state index contributed by atoms with van der Waals surface area (Å²) >= 11 is 1.63. The fourth-order valence-corrected chi connectivity index (χ4v) is 3.23. The molecule has 3 rings (SSSR count). The minimum atomic E-state index is -0.298.